The number of rotatable bonds is 7. The molecule has 0 N–H and O–H groups in total. The fourth-order valence-electron chi connectivity index (χ4n) is 8.09. The van der Waals surface area contributed by atoms with Crippen LogP contribution in [0.5, 0.6) is 11.5 Å². The first-order chi connectivity index (χ1) is 30.0. The van der Waals surface area contributed by atoms with Crippen molar-refractivity contribution >= 4 is 68.1 Å². The van der Waals surface area contributed by atoms with Crippen molar-refractivity contribution in [2.45, 2.75) is 52.4 Å². The van der Waals surface area contributed by atoms with Crippen molar-refractivity contribution in [3.05, 3.63) is 200 Å². The predicted octanol–water partition coefficient (Wildman–Crippen LogP) is 13.2. The number of hydrogen-bond acceptors (Lipinski definition) is 5. The molecule has 316 valence electrons. The summed E-state index contributed by atoms with van der Waals surface area (Å²) in [5.74, 6) is 2.13. The number of fused-ring (bicyclic) bond motifs is 3. The number of nitrogens with zero attached hydrogens (tertiary/aromatic N) is 4. The molecule has 1 aromatic heterocycles. The third kappa shape index (κ3) is 8.58. The molecule has 0 radical (unpaired) electrons. The molecule has 2 aliphatic rings. The molecule has 3 heterocycles. The molecule has 10 rings (SSSR count). The molecule has 0 unspecified atom stereocenters. The topological polar surface area (TPSA) is 31.8 Å². The molecular formula is C56H47N4OPtTe-3. The van der Waals surface area contributed by atoms with Gasteiger partial charge in [-0.15, -0.1) is 0 Å². The van der Waals surface area contributed by atoms with Crippen molar-refractivity contribution in [2.75, 3.05) is 14.7 Å². The molecule has 7 aromatic carbocycles. The number of aromatic nitrogens is 1. The smallest absolute Gasteiger partial charge is 0 e. The average Bonchev–Trinajstić information content (AvgIpc) is 3.68. The van der Waals surface area contributed by atoms with Gasteiger partial charge in [0, 0.05) is 21.1 Å². The van der Waals surface area contributed by atoms with Gasteiger partial charge in [-0.1, -0.05) is 81.4 Å². The van der Waals surface area contributed by atoms with E-state index in [1.807, 2.05) is 24.4 Å². The van der Waals surface area contributed by atoms with E-state index in [4.69, 9.17) is 9.72 Å². The summed E-state index contributed by atoms with van der Waals surface area (Å²) in [5.41, 5.74) is 13.4. The maximum absolute atomic E-state index is 6.69. The Labute approximate surface area is 396 Å². The summed E-state index contributed by atoms with van der Waals surface area (Å²) in [7, 11) is 0. The standard InChI is InChI=1S/C56H47N4OTe.Pt/c1-55(2,3)42-24-26-48-50(33-42)59(45-31-40(38-16-9-7-10-17-38)30-41(32-45)39-18-11-8-12-19-39)37-58(48)44-20-15-21-46(35-44)61-47-25-27-53-51(36-47)60(49-22-13-14-23-52(49)62-53)54-34-43(28-29-57-54)56(4,5)6;/h7-34,37H,1-6H3;/q-3;. The van der Waals surface area contributed by atoms with Crippen LogP contribution in [0.4, 0.5) is 39.9 Å². The van der Waals surface area contributed by atoms with Gasteiger partial charge in [-0.05, 0) is 51.4 Å². The number of pyridine rings is 1. The minimum Gasteiger partial charge on any atom is 0 e. The molecule has 63 heavy (non-hydrogen) atoms. The van der Waals surface area contributed by atoms with Crippen LogP contribution in [0.1, 0.15) is 52.7 Å². The van der Waals surface area contributed by atoms with E-state index in [1.165, 1.54) is 29.5 Å². The Morgan fingerprint density at radius 1 is 0.524 bits per heavy atom. The van der Waals surface area contributed by atoms with Crippen molar-refractivity contribution in [3.8, 4) is 33.8 Å². The first-order valence-corrected chi connectivity index (χ1v) is 23.4. The summed E-state index contributed by atoms with van der Waals surface area (Å²) in [6.07, 6.45) is 1.92. The van der Waals surface area contributed by atoms with Crippen LogP contribution in [0.15, 0.2) is 170 Å². The second-order valence-electron chi connectivity index (χ2n) is 17.9. The van der Waals surface area contributed by atoms with Gasteiger partial charge in [0.15, 0.2) is 0 Å². The third-order valence-electron chi connectivity index (χ3n) is 11.5. The van der Waals surface area contributed by atoms with Gasteiger partial charge in [0.25, 0.3) is 0 Å². The predicted molar refractivity (Wildman–Crippen MR) is 258 cm³/mol. The molecule has 0 aliphatic carbocycles. The van der Waals surface area contributed by atoms with Crippen molar-refractivity contribution in [3.63, 3.8) is 0 Å². The van der Waals surface area contributed by atoms with Crippen LogP contribution in [0.2, 0.25) is 0 Å². The Bertz CT molecular complexity index is 2880. The van der Waals surface area contributed by atoms with Gasteiger partial charge in [0.05, 0.1) is 0 Å². The number of benzene rings is 7. The zero-order valence-electron chi connectivity index (χ0n) is 36.2. The quantitative estimate of drug-likeness (QED) is 0.117. The number of ether oxygens (including phenoxy) is 1. The first kappa shape index (κ1) is 42.7. The van der Waals surface area contributed by atoms with Crippen LogP contribution >= 0.6 is 0 Å². The van der Waals surface area contributed by atoms with Crippen molar-refractivity contribution in [2.24, 2.45) is 0 Å². The zero-order valence-corrected chi connectivity index (χ0v) is 40.8. The summed E-state index contributed by atoms with van der Waals surface area (Å²) in [4.78, 5) is 11.7. The van der Waals surface area contributed by atoms with Crippen LogP contribution in [0.3, 0.4) is 0 Å². The maximum atomic E-state index is 6.69. The van der Waals surface area contributed by atoms with E-state index in [0.29, 0.717) is 11.5 Å². The Morgan fingerprint density at radius 2 is 1.17 bits per heavy atom. The Hall–Kier alpha value is -5.63. The second-order valence-corrected chi connectivity index (χ2v) is 21.0. The molecule has 0 saturated heterocycles. The van der Waals surface area contributed by atoms with Crippen LogP contribution in [0, 0.1) is 18.8 Å². The Balaban J connectivity index is 0.00000504. The van der Waals surface area contributed by atoms with Crippen LogP contribution < -0.4 is 26.7 Å². The summed E-state index contributed by atoms with van der Waals surface area (Å²) < 4.78 is 9.37. The minimum absolute atomic E-state index is 0. The van der Waals surface area contributed by atoms with Gasteiger partial charge >= 0.3 is 246 Å². The van der Waals surface area contributed by atoms with E-state index in [-0.39, 0.29) is 31.9 Å². The van der Waals surface area contributed by atoms with Crippen LogP contribution in [0.25, 0.3) is 22.3 Å². The van der Waals surface area contributed by atoms with E-state index in [0.717, 1.165) is 51.1 Å². The molecule has 0 amide bonds. The van der Waals surface area contributed by atoms with Gasteiger partial charge in [0.1, 0.15) is 0 Å². The minimum atomic E-state index is -0.655. The van der Waals surface area contributed by atoms with Crippen molar-refractivity contribution in [1.29, 1.82) is 0 Å². The Morgan fingerprint density at radius 3 is 1.87 bits per heavy atom. The SMILES string of the molecule is CC(C)(C)c1ccnc(N2c3[c-]c(Oc4[c-]c(N5[CH-]N(c6cc(-c7ccccc7)cc(-c7ccccc7)c6)c6cc(C(C)(C)C)ccc65)ccc4)ccc3[Te]c3ccccc32)c1.[Pt]. The van der Waals surface area contributed by atoms with Crippen molar-refractivity contribution in [1.82, 2.24) is 4.98 Å². The monoisotopic (exact) mass is 1120 g/mol. The molecule has 0 saturated carbocycles. The molecule has 0 atom stereocenters. The van der Waals surface area contributed by atoms with Gasteiger partial charge in [-0.2, -0.15) is 0 Å². The van der Waals surface area contributed by atoms with Crippen molar-refractivity contribution < 1.29 is 25.8 Å². The zero-order chi connectivity index (χ0) is 42.6. The molecule has 0 bridgehead atoms. The largest absolute Gasteiger partial charge is 0 e. The molecule has 7 heteroatoms. The third-order valence-corrected chi connectivity index (χ3v) is 14.7. The average molecular weight is 1110 g/mol. The molecule has 2 aliphatic heterocycles. The van der Waals surface area contributed by atoms with Gasteiger partial charge in [-0.3, -0.25) is 0 Å². The summed E-state index contributed by atoms with van der Waals surface area (Å²) in [6, 6.07) is 65.7. The first-order valence-electron chi connectivity index (χ1n) is 21.1. The molecule has 8 aromatic rings. The van der Waals surface area contributed by atoms with Crippen LogP contribution in [-0.4, -0.2) is 25.9 Å². The summed E-state index contributed by atoms with van der Waals surface area (Å²) >= 11 is -0.655. The maximum Gasteiger partial charge on any atom is 0 e. The fourth-order valence-corrected chi connectivity index (χ4v) is 11.0. The van der Waals surface area contributed by atoms with E-state index in [9.17, 15) is 0 Å². The van der Waals surface area contributed by atoms with E-state index < -0.39 is 20.9 Å². The molecular weight excluding hydrogens is 1070 g/mol. The van der Waals surface area contributed by atoms with E-state index in [2.05, 4.69) is 221 Å². The van der Waals surface area contributed by atoms with Gasteiger partial charge < -0.3 is 0 Å². The second kappa shape index (κ2) is 17.2. The summed E-state index contributed by atoms with van der Waals surface area (Å²) in [6.45, 7) is 15.7. The normalized spacial score (nSPS) is 13.2. The van der Waals surface area contributed by atoms with Gasteiger partial charge in [0.2, 0.25) is 0 Å². The van der Waals surface area contributed by atoms with E-state index >= 15 is 0 Å². The molecule has 5 nitrogen and oxygen atoms in total. The number of para-hydroxylation sites is 1. The van der Waals surface area contributed by atoms with Gasteiger partial charge in [-0.25, -0.2) is 0 Å². The Kier molecular flexibility index (Phi) is 11.6. The fraction of sp³-hybridized carbons (Fsp3) is 0.143. The number of hydrogen-bond donors (Lipinski definition) is 0. The van der Waals surface area contributed by atoms with E-state index in [1.54, 1.807) is 0 Å². The molecule has 0 fully saturated rings. The summed E-state index contributed by atoms with van der Waals surface area (Å²) in [5, 5.41) is 0. The molecule has 0 spiro atoms. The number of anilines is 7. The van der Waals surface area contributed by atoms with Crippen LogP contribution in [-0.2, 0) is 31.9 Å².